The highest BCUT2D eigenvalue weighted by Gasteiger charge is 2.24. The van der Waals surface area contributed by atoms with Crippen molar-refractivity contribution in [1.82, 2.24) is 4.57 Å². The maximum absolute atomic E-state index is 9.50. The summed E-state index contributed by atoms with van der Waals surface area (Å²) in [5, 5.41) is 18.4. The lowest BCUT2D eigenvalue weighted by Gasteiger charge is -2.25. The van der Waals surface area contributed by atoms with E-state index < -0.39 is 0 Å². The molecule has 1 atom stereocenters. The molecule has 1 saturated heterocycles. The third kappa shape index (κ3) is 3.14. The van der Waals surface area contributed by atoms with Crippen LogP contribution in [0.15, 0.2) is 52.7 Å². The Bertz CT molecular complexity index is 992. The van der Waals surface area contributed by atoms with Crippen LogP contribution in [0.4, 0.5) is 23.0 Å². The van der Waals surface area contributed by atoms with Crippen LogP contribution in [-0.4, -0.2) is 28.9 Å². The quantitative estimate of drug-likeness (QED) is 0.424. The molecule has 0 bridgehead atoms. The number of hydrogen-bond acceptors (Lipinski definition) is 5. The Morgan fingerprint density at radius 1 is 1.19 bits per heavy atom. The van der Waals surface area contributed by atoms with Gasteiger partial charge in [0, 0.05) is 29.1 Å². The van der Waals surface area contributed by atoms with Gasteiger partial charge in [0.1, 0.15) is 16.7 Å². The monoisotopic (exact) mass is 365 g/mol. The number of nitrogens with zero attached hydrogens (tertiary/aromatic N) is 5. The summed E-state index contributed by atoms with van der Waals surface area (Å²) < 4.78 is 3.99. The minimum Gasteiger partial charge on any atom is -0.399 e. The van der Waals surface area contributed by atoms with Crippen LogP contribution in [0.3, 0.4) is 0 Å². The fourth-order valence-corrected chi connectivity index (χ4v) is 3.85. The molecule has 0 saturated carbocycles. The van der Waals surface area contributed by atoms with E-state index >= 15 is 0 Å². The zero-order valence-corrected chi connectivity index (χ0v) is 15.7. The van der Waals surface area contributed by atoms with Crippen LogP contribution in [0.25, 0.3) is 11.0 Å². The van der Waals surface area contributed by atoms with E-state index in [0.717, 1.165) is 53.4 Å². The minimum atomic E-state index is 0.198. The summed E-state index contributed by atoms with van der Waals surface area (Å²) in [7, 11) is 3.93. The number of benzene rings is 2. The fourth-order valence-electron chi connectivity index (χ4n) is 3.85. The van der Waals surface area contributed by atoms with Crippen LogP contribution in [0.1, 0.15) is 12.8 Å². The van der Waals surface area contributed by atoms with Crippen molar-refractivity contribution >= 4 is 34.0 Å². The summed E-state index contributed by atoms with van der Waals surface area (Å²) in [5.74, 6) is 0.750. The van der Waals surface area contributed by atoms with E-state index in [0.29, 0.717) is 0 Å². The van der Waals surface area contributed by atoms with E-state index in [4.69, 9.17) is 5.73 Å². The minimum absolute atomic E-state index is 0.198. The van der Waals surface area contributed by atoms with Gasteiger partial charge in [-0.3, -0.25) is 0 Å². The summed E-state index contributed by atoms with van der Waals surface area (Å²) in [5.41, 5.74) is 10.6. The van der Waals surface area contributed by atoms with Crippen molar-refractivity contribution in [2.75, 3.05) is 23.8 Å². The molecular weight excluding hydrogens is 340 g/mol. The van der Waals surface area contributed by atoms with Crippen molar-refractivity contribution in [2.45, 2.75) is 18.9 Å². The summed E-state index contributed by atoms with van der Waals surface area (Å²) in [6.07, 6.45) is 2.16. The maximum atomic E-state index is 9.50. The van der Waals surface area contributed by atoms with Crippen molar-refractivity contribution in [3.8, 4) is 0 Å². The summed E-state index contributed by atoms with van der Waals surface area (Å²) in [6, 6.07) is 14.1. The zero-order chi connectivity index (χ0) is 19.0. The van der Waals surface area contributed by atoms with Crippen molar-refractivity contribution in [3.05, 3.63) is 42.5 Å². The first kappa shape index (κ1) is 17.5. The molecule has 7 nitrogen and oxygen atoms in total. The zero-order valence-electron chi connectivity index (χ0n) is 15.7. The second kappa shape index (κ2) is 7.00. The average molecular weight is 365 g/mol. The molecule has 3 aromatic rings. The number of fused-ring (bicyclic) bond motifs is 1. The van der Waals surface area contributed by atoms with E-state index in [1.807, 2.05) is 65.7 Å². The van der Waals surface area contributed by atoms with Gasteiger partial charge in [-0.05, 0) is 49.2 Å². The van der Waals surface area contributed by atoms with Crippen LogP contribution in [0.5, 0.6) is 0 Å². The largest absolute Gasteiger partial charge is 0.422 e. The predicted octanol–water partition coefficient (Wildman–Crippen LogP) is 2.96. The summed E-state index contributed by atoms with van der Waals surface area (Å²) in [4.78, 5) is 2.26. The van der Waals surface area contributed by atoms with Crippen LogP contribution < -0.4 is 15.2 Å². The lowest BCUT2D eigenvalue weighted by Crippen LogP contribution is -2.31. The van der Waals surface area contributed by atoms with Gasteiger partial charge < -0.3 is 15.7 Å². The summed E-state index contributed by atoms with van der Waals surface area (Å²) in [6.45, 7) is 1.19. The third-order valence-electron chi connectivity index (χ3n) is 5.35. The number of azo groups is 1. The van der Waals surface area contributed by atoms with Gasteiger partial charge in [0.15, 0.2) is 0 Å². The summed E-state index contributed by atoms with van der Waals surface area (Å²) >= 11 is 0. The Labute approximate surface area is 158 Å². The van der Waals surface area contributed by atoms with Gasteiger partial charge in [0.2, 0.25) is 0 Å². The number of aliphatic hydroxyl groups is 1. The second-order valence-corrected chi connectivity index (χ2v) is 7.05. The topological polar surface area (TPSA) is 83.0 Å². The van der Waals surface area contributed by atoms with Crippen molar-refractivity contribution in [2.24, 2.45) is 24.3 Å². The van der Waals surface area contributed by atoms with Crippen LogP contribution in [-0.2, 0) is 14.1 Å². The van der Waals surface area contributed by atoms with E-state index in [-0.39, 0.29) is 12.6 Å². The number of aliphatic hydroxyl groups excluding tert-OH is 1. The van der Waals surface area contributed by atoms with Gasteiger partial charge in [0.05, 0.1) is 26.7 Å². The fraction of sp³-hybridized carbons (Fsp3) is 0.350. The lowest BCUT2D eigenvalue weighted by molar-refractivity contribution is -0.632. The normalized spacial score (nSPS) is 17.4. The lowest BCUT2D eigenvalue weighted by atomic mass is 10.2. The molecule has 2 heterocycles. The van der Waals surface area contributed by atoms with E-state index in [2.05, 4.69) is 15.1 Å². The molecule has 140 valence electrons. The highest BCUT2D eigenvalue weighted by Crippen LogP contribution is 2.28. The molecule has 1 aromatic heterocycles. The smallest absolute Gasteiger partial charge is 0.399 e. The number of nitrogens with two attached hydrogens (primary N) is 1. The molecule has 0 aliphatic carbocycles. The number of aromatic nitrogens is 2. The predicted molar refractivity (Wildman–Crippen MR) is 107 cm³/mol. The molecule has 1 unspecified atom stereocenters. The molecule has 4 rings (SSSR count). The molecule has 2 aromatic carbocycles. The second-order valence-electron chi connectivity index (χ2n) is 7.05. The molecule has 1 aliphatic heterocycles. The van der Waals surface area contributed by atoms with Crippen LogP contribution in [0, 0.1) is 0 Å². The SMILES string of the molecule is Cn1c(N=Nc2ccc(N3CCCC3CO)cc2)[n+](C)c2ccc(N)cc21. The number of anilines is 2. The van der Waals surface area contributed by atoms with Crippen LogP contribution in [0.2, 0.25) is 0 Å². The molecular formula is C20H25N6O+. The molecule has 1 aliphatic rings. The Morgan fingerprint density at radius 2 is 1.96 bits per heavy atom. The standard InChI is InChI=1S/C20H25N6O/c1-24-18-10-5-14(21)12-19(18)25(2)20(24)23-22-15-6-8-16(9-7-15)26-11-3-4-17(26)13-27/h5-10,12,17,27H,3-4,11,13,21H2,1-2H3/q+1. The number of imidazole rings is 1. The maximum Gasteiger partial charge on any atom is 0.422 e. The molecule has 7 heteroatoms. The molecule has 27 heavy (non-hydrogen) atoms. The van der Waals surface area contributed by atoms with Crippen molar-refractivity contribution in [1.29, 1.82) is 0 Å². The highest BCUT2D eigenvalue weighted by molar-refractivity contribution is 5.77. The number of aryl methyl sites for hydroxylation is 2. The van der Waals surface area contributed by atoms with E-state index in [1.54, 1.807) is 0 Å². The number of nitrogen functional groups attached to an aromatic ring is 1. The molecule has 0 amide bonds. The Hall–Kier alpha value is -2.93. The third-order valence-corrected chi connectivity index (χ3v) is 5.35. The van der Waals surface area contributed by atoms with Crippen LogP contribution >= 0.6 is 0 Å². The van der Waals surface area contributed by atoms with Gasteiger partial charge in [0.25, 0.3) is 0 Å². The van der Waals surface area contributed by atoms with Crippen molar-refractivity contribution in [3.63, 3.8) is 0 Å². The Balaban J connectivity index is 1.59. The highest BCUT2D eigenvalue weighted by atomic mass is 16.3. The molecule has 0 radical (unpaired) electrons. The molecule has 0 spiro atoms. The number of hydrogen-bond donors (Lipinski definition) is 2. The first-order valence-electron chi connectivity index (χ1n) is 9.21. The van der Waals surface area contributed by atoms with E-state index in [9.17, 15) is 5.11 Å². The first-order chi connectivity index (χ1) is 13.1. The van der Waals surface area contributed by atoms with Gasteiger partial charge in [-0.25, -0.2) is 9.13 Å². The molecule has 3 N–H and O–H groups in total. The Morgan fingerprint density at radius 3 is 2.70 bits per heavy atom. The van der Waals surface area contributed by atoms with Gasteiger partial charge in [-0.1, -0.05) is 5.11 Å². The van der Waals surface area contributed by atoms with Gasteiger partial charge in [-0.2, -0.15) is 0 Å². The Kier molecular flexibility index (Phi) is 4.53. The average Bonchev–Trinajstić information content (AvgIpc) is 3.24. The van der Waals surface area contributed by atoms with Gasteiger partial charge in [-0.15, -0.1) is 0 Å². The van der Waals surface area contributed by atoms with Gasteiger partial charge >= 0.3 is 5.95 Å². The van der Waals surface area contributed by atoms with E-state index in [1.165, 1.54) is 0 Å². The van der Waals surface area contributed by atoms with Crippen molar-refractivity contribution < 1.29 is 9.67 Å². The number of rotatable bonds is 4. The molecule has 1 fully saturated rings. The first-order valence-corrected chi connectivity index (χ1v) is 9.21.